The van der Waals surface area contributed by atoms with Gasteiger partial charge in [0.25, 0.3) is 0 Å². The number of nitrogens with zero attached hydrogens (tertiary/aromatic N) is 3. The van der Waals surface area contributed by atoms with Crippen LogP contribution in [-0.2, 0) is 18.4 Å². The van der Waals surface area contributed by atoms with Gasteiger partial charge in [-0.3, -0.25) is 0 Å². The minimum atomic E-state index is -0.363. The first kappa shape index (κ1) is 13.5. The van der Waals surface area contributed by atoms with E-state index in [1.165, 1.54) is 5.56 Å². The Bertz CT molecular complexity index is 815. The summed E-state index contributed by atoms with van der Waals surface area (Å²) in [6, 6.07) is 6.14. The summed E-state index contributed by atoms with van der Waals surface area (Å²) in [4.78, 5) is 12.4. The maximum atomic E-state index is 6.21. The highest BCUT2D eigenvalue weighted by Crippen LogP contribution is 2.36. The summed E-state index contributed by atoms with van der Waals surface area (Å²) in [7, 11) is 0. The molecule has 1 aromatic carbocycles. The van der Waals surface area contributed by atoms with Crippen LogP contribution >= 0.6 is 0 Å². The molecule has 0 spiro atoms. The van der Waals surface area contributed by atoms with Crippen LogP contribution in [0.1, 0.15) is 42.4 Å². The van der Waals surface area contributed by atoms with Gasteiger partial charge in [-0.1, -0.05) is 17.3 Å². The molecule has 0 saturated heterocycles. The number of nitrogens with two attached hydrogens (primary N) is 1. The van der Waals surface area contributed by atoms with Crippen molar-refractivity contribution in [2.75, 3.05) is 0 Å². The number of benzene rings is 1. The SMILES string of the molecule is Cc1cccc2[nH]c(CCc3nc(C4(N)CCC4)no3)nc12. The molecule has 1 fully saturated rings. The van der Waals surface area contributed by atoms with Gasteiger partial charge >= 0.3 is 0 Å². The van der Waals surface area contributed by atoms with Gasteiger partial charge in [0, 0.05) is 12.8 Å². The van der Waals surface area contributed by atoms with Gasteiger partial charge in [-0.25, -0.2) is 4.98 Å². The molecule has 0 atom stereocenters. The Labute approximate surface area is 128 Å². The van der Waals surface area contributed by atoms with Crippen molar-refractivity contribution in [3.05, 3.63) is 41.3 Å². The fourth-order valence-electron chi connectivity index (χ4n) is 2.91. The smallest absolute Gasteiger partial charge is 0.227 e. The van der Waals surface area contributed by atoms with Crippen LogP contribution in [0, 0.1) is 6.92 Å². The standard InChI is InChI=1S/C16H19N5O/c1-10-4-2-5-11-14(10)19-12(18-11)6-7-13-20-15(21-22-13)16(17)8-3-9-16/h2,4-5H,3,6-9,17H2,1H3,(H,18,19). The lowest BCUT2D eigenvalue weighted by Crippen LogP contribution is -2.44. The molecule has 3 aromatic rings. The number of hydrogen-bond donors (Lipinski definition) is 2. The lowest BCUT2D eigenvalue weighted by molar-refractivity contribution is 0.229. The quantitative estimate of drug-likeness (QED) is 0.771. The van der Waals surface area contributed by atoms with Gasteiger partial charge in [-0.05, 0) is 37.8 Å². The first-order valence-corrected chi connectivity index (χ1v) is 7.70. The molecular weight excluding hydrogens is 278 g/mol. The van der Waals surface area contributed by atoms with Crippen molar-refractivity contribution in [2.24, 2.45) is 5.73 Å². The van der Waals surface area contributed by atoms with Crippen molar-refractivity contribution in [3.63, 3.8) is 0 Å². The number of imidazole rings is 1. The predicted molar refractivity (Wildman–Crippen MR) is 82.3 cm³/mol. The van der Waals surface area contributed by atoms with E-state index in [9.17, 15) is 0 Å². The molecule has 0 amide bonds. The van der Waals surface area contributed by atoms with Gasteiger partial charge in [0.2, 0.25) is 5.89 Å². The summed E-state index contributed by atoms with van der Waals surface area (Å²) in [5.41, 5.74) is 9.12. The molecule has 114 valence electrons. The minimum absolute atomic E-state index is 0.363. The van der Waals surface area contributed by atoms with E-state index in [0.29, 0.717) is 18.1 Å². The molecule has 0 unspecified atom stereocenters. The number of nitrogens with one attached hydrogen (secondary N) is 1. The van der Waals surface area contributed by atoms with E-state index >= 15 is 0 Å². The second kappa shape index (κ2) is 4.91. The number of aryl methyl sites for hydroxylation is 3. The molecule has 4 rings (SSSR count). The second-order valence-electron chi connectivity index (χ2n) is 6.18. The highest BCUT2D eigenvalue weighted by atomic mass is 16.5. The first-order valence-electron chi connectivity index (χ1n) is 7.70. The normalized spacial score (nSPS) is 16.8. The third kappa shape index (κ3) is 2.20. The Morgan fingerprint density at radius 2 is 2.14 bits per heavy atom. The number of aromatic nitrogens is 4. The molecule has 2 heterocycles. The lowest BCUT2D eigenvalue weighted by atomic mass is 9.77. The zero-order valence-electron chi connectivity index (χ0n) is 12.6. The molecule has 1 aliphatic carbocycles. The predicted octanol–water partition coefficient (Wildman–Crippen LogP) is 2.38. The van der Waals surface area contributed by atoms with E-state index in [4.69, 9.17) is 10.3 Å². The highest BCUT2D eigenvalue weighted by Gasteiger charge is 2.38. The van der Waals surface area contributed by atoms with Gasteiger partial charge in [0.05, 0.1) is 16.6 Å². The number of H-pyrrole nitrogens is 1. The van der Waals surface area contributed by atoms with E-state index in [0.717, 1.165) is 42.5 Å². The summed E-state index contributed by atoms with van der Waals surface area (Å²) < 4.78 is 5.32. The lowest BCUT2D eigenvalue weighted by Gasteiger charge is -2.34. The summed E-state index contributed by atoms with van der Waals surface area (Å²) >= 11 is 0. The molecule has 3 N–H and O–H groups in total. The van der Waals surface area contributed by atoms with Crippen molar-refractivity contribution < 1.29 is 4.52 Å². The fraction of sp³-hybridized carbons (Fsp3) is 0.438. The van der Waals surface area contributed by atoms with Crippen molar-refractivity contribution in [2.45, 2.75) is 44.6 Å². The fourth-order valence-corrected chi connectivity index (χ4v) is 2.91. The van der Waals surface area contributed by atoms with Crippen LogP contribution < -0.4 is 5.73 Å². The summed E-state index contributed by atoms with van der Waals surface area (Å²) in [5.74, 6) is 2.22. The van der Waals surface area contributed by atoms with Gasteiger partial charge in [0.15, 0.2) is 5.82 Å². The Morgan fingerprint density at radius 1 is 1.27 bits per heavy atom. The third-order valence-corrected chi connectivity index (χ3v) is 4.50. The maximum absolute atomic E-state index is 6.21. The van der Waals surface area contributed by atoms with E-state index in [-0.39, 0.29) is 5.54 Å². The molecule has 2 aromatic heterocycles. The first-order chi connectivity index (χ1) is 10.6. The molecule has 6 heteroatoms. The number of hydrogen-bond acceptors (Lipinski definition) is 5. The van der Waals surface area contributed by atoms with Gasteiger partial charge < -0.3 is 15.2 Å². The average Bonchev–Trinajstić information content (AvgIpc) is 3.10. The molecule has 6 nitrogen and oxygen atoms in total. The largest absolute Gasteiger partial charge is 0.342 e. The topological polar surface area (TPSA) is 93.6 Å². The molecule has 0 aliphatic heterocycles. The van der Waals surface area contributed by atoms with Crippen LogP contribution in [-0.4, -0.2) is 20.1 Å². The molecule has 1 aliphatic rings. The van der Waals surface area contributed by atoms with Crippen molar-refractivity contribution in [1.82, 2.24) is 20.1 Å². The van der Waals surface area contributed by atoms with Crippen molar-refractivity contribution >= 4 is 11.0 Å². The van der Waals surface area contributed by atoms with Crippen LogP contribution in [0.4, 0.5) is 0 Å². The Kier molecular flexibility index (Phi) is 3.00. The summed E-state index contributed by atoms with van der Waals surface area (Å²) in [5, 5.41) is 4.04. The molecule has 22 heavy (non-hydrogen) atoms. The van der Waals surface area contributed by atoms with Crippen molar-refractivity contribution in [1.29, 1.82) is 0 Å². The third-order valence-electron chi connectivity index (χ3n) is 4.50. The van der Waals surface area contributed by atoms with Gasteiger partial charge in [-0.2, -0.15) is 4.98 Å². The zero-order valence-corrected chi connectivity index (χ0v) is 12.6. The monoisotopic (exact) mass is 297 g/mol. The van der Waals surface area contributed by atoms with Crippen LogP contribution in [0.2, 0.25) is 0 Å². The Morgan fingerprint density at radius 3 is 2.86 bits per heavy atom. The van der Waals surface area contributed by atoms with Crippen LogP contribution in [0.5, 0.6) is 0 Å². The minimum Gasteiger partial charge on any atom is -0.342 e. The average molecular weight is 297 g/mol. The molecule has 0 radical (unpaired) electrons. The number of para-hydroxylation sites is 1. The number of fused-ring (bicyclic) bond motifs is 1. The Hall–Kier alpha value is -2.21. The molecule has 1 saturated carbocycles. The van der Waals surface area contributed by atoms with Crippen LogP contribution in [0.25, 0.3) is 11.0 Å². The van der Waals surface area contributed by atoms with Crippen LogP contribution in [0.15, 0.2) is 22.7 Å². The maximum Gasteiger partial charge on any atom is 0.227 e. The van der Waals surface area contributed by atoms with E-state index in [1.807, 2.05) is 12.1 Å². The van der Waals surface area contributed by atoms with E-state index < -0.39 is 0 Å². The molecule has 0 bridgehead atoms. The second-order valence-corrected chi connectivity index (χ2v) is 6.18. The molecular formula is C16H19N5O. The Balaban J connectivity index is 1.48. The van der Waals surface area contributed by atoms with Crippen LogP contribution in [0.3, 0.4) is 0 Å². The summed E-state index contributed by atoms with van der Waals surface area (Å²) in [6.45, 7) is 2.07. The number of aromatic amines is 1. The van der Waals surface area contributed by atoms with Crippen molar-refractivity contribution in [3.8, 4) is 0 Å². The zero-order chi connectivity index (χ0) is 15.2. The van der Waals surface area contributed by atoms with E-state index in [1.54, 1.807) is 0 Å². The van der Waals surface area contributed by atoms with Gasteiger partial charge in [0.1, 0.15) is 5.82 Å². The van der Waals surface area contributed by atoms with E-state index in [2.05, 4.69) is 33.1 Å². The summed E-state index contributed by atoms with van der Waals surface area (Å²) in [6.07, 6.45) is 4.43. The highest BCUT2D eigenvalue weighted by molar-refractivity contribution is 5.78. The van der Waals surface area contributed by atoms with Gasteiger partial charge in [-0.15, -0.1) is 0 Å². The number of rotatable bonds is 4.